The number of rotatable bonds is 3. The molecule has 2 amide bonds. The molecule has 108 valence electrons. The van der Waals surface area contributed by atoms with Crippen molar-refractivity contribution >= 4 is 29.0 Å². The van der Waals surface area contributed by atoms with Gasteiger partial charge in [-0.25, -0.2) is 10.2 Å². The number of carbonyl (C=O) groups is 1. The molecule has 1 aromatic rings. The number of halogens is 1. The molecule has 1 aromatic carbocycles. The molecule has 4 N–H and O–H groups in total. The normalized spacial score (nSPS) is 20.6. The molecule has 0 unspecified atom stereocenters. The Bertz CT molecular complexity index is 507. The quantitative estimate of drug-likeness (QED) is 0.511. The Balaban J connectivity index is 1.83. The van der Waals surface area contributed by atoms with Crippen molar-refractivity contribution in [3.63, 3.8) is 0 Å². The van der Waals surface area contributed by atoms with Crippen LogP contribution < -0.4 is 16.2 Å². The van der Waals surface area contributed by atoms with Gasteiger partial charge in [-0.3, -0.25) is 5.43 Å². The monoisotopic (exact) mass is 296 g/mol. The van der Waals surface area contributed by atoms with Crippen molar-refractivity contribution in [2.75, 3.05) is 5.32 Å². The maximum Gasteiger partial charge on any atom is 0.333 e. The summed E-state index contributed by atoms with van der Waals surface area (Å²) in [6, 6.07) is 6.36. The van der Waals surface area contributed by atoms with Crippen LogP contribution in [0.2, 0.25) is 5.02 Å². The van der Waals surface area contributed by atoms with Crippen molar-refractivity contribution in [3.8, 4) is 0 Å². The minimum atomic E-state index is -0.393. The molecule has 1 saturated carbocycles. The van der Waals surface area contributed by atoms with Crippen LogP contribution in [0, 0.1) is 0 Å². The van der Waals surface area contributed by atoms with E-state index in [9.17, 15) is 4.79 Å². The van der Waals surface area contributed by atoms with E-state index in [-0.39, 0.29) is 6.04 Å². The lowest BCUT2D eigenvalue weighted by atomic mass is 9.94. The number of nitrogens with zero attached hydrogens (tertiary/aromatic N) is 1. The van der Waals surface area contributed by atoms with E-state index < -0.39 is 6.03 Å². The number of benzene rings is 1. The van der Waals surface area contributed by atoms with Gasteiger partial charge in [0.2, 0.25) is 0 Å². The molecule has 0 radical (unpaired) electrons. The van der Waals surface area contributed by atoms with Crippen molar-refractivity contribution < 1.29 is 10.0 Å². The number of hydrazine groups is 1. The van der Waals surface area contributed by atoms with Gasteiger partial charge in [-0.15, -0.1) is 0 Å². The first-order chi connectivity index (χ1) is 9.69. The first kappa shape index (κ1) is 14.6. The maximum atomic E-state index is 11.7. The summed E-state index contributed by atoms with van der Waals surface area (Å²) in [7, 11) is 0. The molecule has 2 rings (SSSR count). The zero-order valence-corrected chi connectivity index (χ0v) is 11.7. The maximum absolute atomic E-state index is 11.7. The second kappa shape index (κ2) is 7.12. The van der Waals surface area contributed by atoms with Crippen LogP contribution in [0.1, 0.15) is 25.7 Å². The van der Waals surface area contributed by atoms with Gasteiger partial charge in [0.05, 0.1) is 11.8 Å². The van der Waals surface area contributed by atoms with Gasteiger partial charge in [0.15, 0.2) is 0 Å². The summed E-state index contributed by atoms with van der Waals surface area (Å²) in [5, 5.41) is 15.4. The summed E-state index contributed by atoms with van der Waals surface area (Å²) in [5.74, 6) is 0. The van der Waals surface area contributed by atoms with E-state index in [0.29, 0.717) is 16.4 Å². The molecule has 0 aliphatic heterocycles. The second-order valence-corrected chi connectivity index (χ2v) is 5.06. The summed E-state index contributed by atoms with van der Waals surface area (Å²) >= 11 is 5.83. The molecule has 0 heterocycles. The predicted molar refractivity (Wildman–Crippen MR) is 78.2 cm³/mol. The Kier molecular flexibility index (Phi) is 5.20. The van der Waals surface area contributed by atoms with Crippen LogP contribution in [0.5, 0.6) is 0 Å². The smallest absolute Gasteiger partial charge is 0.333 e. The fourth-order valence-electron chi connectivity index (χ4n) is 2.15. The Morgan fingerprint density at radius 2 is 2.25 bits per heavy atom. The van der Waals surface area contributed by atoms with Gasteiger partial charge < -0.3 is 10.5 Å². The summed E-state index contributed by atoms with van der Waals surface area (Å²) in [4.78, 5) is 11.7. The third-order valence-corrected chi connectivity index (χ3v) is 3.38. The minimum absolute atomic E-state index is 0.126. The minimum Gasteiger partial charge on any atom is -0.411 e. The molecule has 0 saturated heterocycles. The number of oxime groups is 1. The highest BCUT2D eigenvalue weighted by Gasteiger charge is 2.21. The summed E-state index contributed by atoms with van der Waals surface area (Å²) in [5.41, 5.74) is 6.69. The Morgan fingerprint density at radius 3 is 3.00 bits per heavy atom. The van der Waals surface area contributed by atoms with Crippen molar-refractivity contribution in [2.24, 2.45) is 5.16 Å². The fourth-order valence-corrected chi connectivity index (χ4v) is 2.34. The summed E-state index contributed by atoms with van der Waals surface area (Å²) < 4.78 is 0. The molecule has 1 aliphatic rings. The summed E-state index contributed by atoms with van der Waals surface area (Å²) in [6.45, 7) is 0. The van der Waals surface area contributed by atoms with Gasteiger partial charge in [-0.1, -0.05) is 29.2 Å². The van der Waals surface area contributed by atoms with Gasteiger partial charge in [0.25, 0.3) is 0 Å². The number of anilines is 1. The number of urea groups is 1. The van der Waals surface area contributed by atoms with Crippen LogP contribution >= 0.6 is 11.6 Å². The van der Waals surface area contributed by atoms with Gasteiger partial charge in [0.1, 0.15) is 0 Å². The van der Waals surface area contributed by atoms with Crippen LogP contribution in [-0.2, 0) is 0 Å². The molecular formula is C13H17ClN4O2. The number of amides is 2. The first-order valence-corrected chi connectivity index (χ1v) is 6.86. The molecule has 0 bridgehead atoms. The van der Waals surface area contributed by atoms with E-state index in [1.807, 2.05) is 0 Å². The highest BCUT2D eigenvalue weighted by molar-refractivity contribution is 6.30. The number of hydrogen-bond donors (Lipinski definition) is 4. The third-order valence-electron chi connectivity index (χ3n) is 3.15. The molecular weight excluding hydrogens is 280 g/mol. The Labute approximate surface area is 122 Å². The molecule has 1 fully saturated rings. The molecule has 1 aliphatic carbocycles. The Hall–Kier alpha value is -1.79. The standard InChI is InChI=1S/C13H17ClN4O2/c14-9-4-3-5-10(8-9)15-13(19)17-16-11-6-1-2-7-12(11)18-20/h3-5,8,11,16,20H,1-2,6-7H2,(H2,15,17,19)/b18-12+/t11-/m1/s1. The van der Waals surface area contributed by atoms with E-state index in [1.165, 1.54) is 0 Å². The number of hydrogen-bond acceptors (Lipinski definition) is 4. The molecule has 0 aromatic heterocycles. The van der Waals surface area contributed by atoms with Crippen LogP contribution in [0.3, 0.4) is 0 Å². The lowest BCUT2D eigenvalue weighted by Gasteiger charge is -2.24. The number of nitrogens with one attached hydrogen (secondary N) is 3. The lowest BCUT2D eigenvalue weighted by Crippen LogP contribution is -2.50. The van der Waals surface area contributed by atoms with Crippen molar-refractivity contribution in [1.82, 2.24) is 10.9 Å². The SMILES string of the molecule is O=C(NN[C@@H]1CCCC/C1=N\O)Nc1cccc(Cl)c1. The third kappa shape index (κ3) is 4.11. The lowest BCUT2D eigenvalue weighted by molar-refractivity contribution is 0.245. The van der Waals surface area contributed by atoms with Gasteiger partial charge >= 0.3 is 6.03 Å². The van der Waals surface area contributed by atoms with E-state index in [4.69, 9.17) is 16.8 Å². The first-order valence-electron chi connectivity index (χ1n) is 6.48. The average molecular weight is 297 g/mol. The zero-order valence-electron chi connectivity index (χ0n) is 10.9. The zero-order chi connectivity index (χ0) is 14.4. The van der Waals surface area contributed by atoms with E-state index >= 15 is 0 Å². The van der Waals surface area contributed by atoms with Gasteiger partial charge in [0, 0.05) is 10.7 Å². The van der Waals surface area contributed by atoms with Crippen LogP contribution in [0.4, 0.5) is 10.5 Å². The van der Waals surface area contributed by atoms with Gasteiger partial charge in [-0.05, 0) is 37.5 Å². The van der Waals surface area contributed by atoms with Crippen molar-refractivity contribution in [1.29, 1.82) is 0 Å². The predicted octanol–water partition coefficient (Wildman–Crippen LogP) is 2.74. The topological polar surface area (TPSA) is 85.8 Å². The summed E-state index contributed by atoms with van der Waals surface area (Å²) in [6.07, 6.45) is 3.61. The van der Waals surface area contributed by atoms with Crippen LogP contribution in [-0.4, -0.2) is 23.0 Å². The van der Waals surface area contributed by atoms with Crippen LogP contribution in [0.25, 0.3) is 0 Å². The largest absolute Gasteiger partial charge is 0.411 e. The van der Waals surface area contributed by atoms with E-state index in [1.54, 1.807) is 24.3 Å². The fraction of sp³-hybridized carbons (Fsp3) is 0.385. The van der Waals surface area contributed by atoms with E-state index in [2.05, 4.69) is 21.3 Å². The molecule has 20 heavy (non-hydrogen) atoms. The molecule has 7 heteroatoms. The average Bonchev–Trinajstić information content (AvgIpc) is 2.45. The van der Waals surface area contributed by atoms with Crippen molar-refractivity contribution in [3.05, 3.63) is 29.3 Å². The van der Waals surface area contributed by atoms with Crippen LogP contribution in [0.15, 0.2) is 29.4 Å². The molecule has 1 atom stereocenters. The van der Waals surface area contributed by atoms with E-state index in [0.717, 1.165) is 25.7 Å². The van der Waals surface area contributed by atoms with Gasteiger partial charge in [-0.2, -0.15) is 0 Å². The molecule has 6 nitrogen and oxygen atoms in total. The number of carbonyl (C=O) groups excluding carboxylic acids is 1. The molecule has 0 spiro atoms. The second-order valence-electron chi connectivity index (χ2n) is 4.62. The highest BCUT2D eigenvalue weighted by Crippen LogP contribution is 2.16. The Morgan fingerprint density at radius 1 is 1.40 bits per heavy atom. The highest BCUT2D eigenvalue weighted by atomic mass is 35.5. The van der Waals surface area contributed by atoms with Crippen molar-refractivity contribution in [2.45, 2.75) is 31.7 Å².